The number of hydrogen-bond donors (Lipinski definition) is 2. The van der Waals surface area contributed by atoms with Gasteiger partial charge in [-0.15, -0.1) is 0 Å². The second-order valence-electron chi connectivity index (χ2n) is 3.31. The fourth-order valence-corrected chi connectivity index (χ4v) is 1.75. The number of aromatic nitrogens is 1. The molecule has 3 heteroatoms. The minimum absolute atomic E-state index is 0.00370. The van der Waals surface area contributed by atoms with E-state index < -0.39 is 0 Å². The number of aromatic amines is 1. The van der Waals surface area contributed by atoms with E-state index in [0.29, 0.717) is 0 Å². The summed E-state index contributed by atoms with van der Waals surface area (Å²) in [7, 11) is 1.63. The van der Waals surface area contributed by atoms with E-state index in [1.807, 2.05) is 25.3 Å². The van der Waals surface area contributed by atoms with Crippen LogP contribution in [0, 0.1) is 6.92 Å². The van der Waals surface area contributed by atoms with Crippen molar-refractivity contribution in [2.24, 2.45) is 0 Å². The van der Waals surface area contributed by atoms with Crippen LogP contribution in [-0.4, -0.2) is 17.2 Å². The zero-order valence-electron chi connectivity index (χ0n) is 8.29. The third-order valence-corrected chi connectivity index (χ3v) is 2.45. The molecule has 0 atom stereocenters. The van der Waals surface area contributed by atoms with Crippen molar-refractivity contribution in [1.82, 2.24) is 4.98 Å². The van der Waals surface area contributed by atoms with Crippen LogP contribution in [0.25, 0.3) is 10.9 Å². The van der Waals surface area contributed by atoms with Crippen LogP contribution in [0.2, 0.25) is 0 Å². The second-order valence-corrected chi connectivity index (χ2v) is 3.31. The lowest BCUT2D eigenvalue weighted by Gasteiger charge is -2.08. The predicted molar refractivity (Wildman–Crippen MR) is 55.5 cm³/mol. The number of H-pyrrole nitrogens is 1. The average Bonchev–Trinajstić information content (AvgIpc) is 2.59. The molecule has 0 saturated carbocycles. The van der Waals surface area contributed by atoms with Gasteiger partial charge in [-0.05, 0) is 18.6 Å². The highest BCUT2D eigenvalue weighted by Crippen LogP contribution is 2.31. The number of benzene rings is 1. The molecule has 0 aliphatic carbocycles. The Hall–Kier alpha value is -1.48. The number of ether oxygens (including phenoxy) is 1. The Kier molecular flexibility index (Phi) is 2.17. The molecular weight excluding hydrogens is 178 g/mol. The van der Waals surface area contributed by atoms with Crippen LogP contribution in [0.5, 0.6) is 5.75 Å². The van der Waals surface area contributed by atoms with E-state index >= 15 is 0 Å². The highest BCUT2D eigenvalue weighted by Gasteiger charge is 2.10. The van der Waals surface area contributed by atoms with Gasteiger partial charge in [0.05, 0.1) is 13.7 Å². The van der Waals surface area contributed by atoms with Crippen LogP contribution < -0.4 is 4.74 Å². The lowest BCUT2D eigenvalue weighted by atomic mass is 10.1. The van der Waals surface area contributed by atoms with Crippen molar-refractivity contribution in [3.63, 3.8) is 0 Å². The summed E-state index contributed by atoms with van der Waals surface area (Å²) in [4.78, 5) is 3.15. The first kappa shape index (κ1) is 9.09. The van der Waals surface area contributed by atoms with Gasteiger partial charge in [0, 0.05) is 22.7 Å². The van der Waals surface area contributed by atoms with Crippen LogP contribution in [0.15, 0.2) is 18.3 Å². The summed E-state index contributed by atoms with van der Waals surface area (Å²) in [6.45, 7) is 2.02. The normalized spacial score (nSPS) is 10.8. The first-order valence-corrected chi connectivity index (χ1v) is 4.52. The standard InChI is InChI=1S/C11H13NO2/c1-7-5-12-9-4-3-8(6-13)11(14-2)10(7)9/h3-5,12-13H,6H2,1-2H3. The van der Waals surface area contributed by atoms with E-state index in [-0.39, 0.29) is 6.61 Å². The molecule has 1 aromatic carbocycles. The smallest absolute Gasteiger partial charge is 0.134 e. The average molecular weight is 191 g/mol. The van der Waals surface area contributed by atoms with Gasteiger partial charge in [0.1, 0.15) is 5.75 Å². The van der Waals surface area contributed by atoms with Crippen LogP contribution in [0.3, 0.4) is 0 Å². The quantitative estimate of drug-likeness (QED) is 0.762. The Morgan fingerprint density at radius 3 is 2.86 bits per heavy atom. The number of methoxy groups -OCH3 is 1. The fraction of sp³-hybridized carbons (Fsp3) is 0.273. The highest BCUT2D eigenvalue weighted by molar-refractivity contribution is 5.90. The number of nitrogens with one attached hydrogen (secondary N) is 1. The molecule has 0 fully saturated rings. The lowest BCUT2D eigenvalue weighted by molar-refractivity contribution is 0.274. The van der Waals surface area contributed by atoms with E-state index in [9.17, 15) is 0 Å². The van der Waals surface area contributed by atoms with E-state index in [1.54, 1.807) is 7.11 Å². The maximum absolute atomic E-state index is 9.15. The van der Waals surface area contributed by atoms with E-state index in [2.05, 4.69) is 4.98 Å². The number of aryl methyl sites for hydroxylation is 1. The summed E-state index contributed by atoms with van der Waals surface area (Å²) in [6.07, 6.45) is 1.94. The minimum atomic E-state index is 0.00370. The molecule has 2 N–H and O–H groups in total. The molecule has 0 bridgehead atoms. The first-order valence-electron chi connectivity index (χ1n) is 4.52. The molecule has 0 unspecified atom stereocenters. The molecule has 0 aliphatic heterocycles. The Morgan fingerprint density at radius 1 is 1.43 bits per heavy atom. The molecule has 0 saturated heterocycles. The first-order chi connectivity index (χ1) is 6.77. The van der Waals surface area contributed by atoms with Crippen LogP contribution in [0.1, 0.15) is 11.1 Å². The molecule has 3 nitrogen and oxygen atoms in total. The summed E-state index contributed by atoms with van der Waals surface area (Å²) >= 11 is 0. The summed E-state index contributed by atoms with van der Waals surface area (Å²) < 4.78 is 5.31. The Bertz CT molecular complexity index is 460. The zero-order chi connectivity index (χ0) is 10.1. The second kappa shape index (κ2) is 3.35. The number of rotatable bonds is 2. The SMILES string of the molecule is COc1c(CO)ccc2[nH]cc(C)c12. The Morgan fingerprint density at radius 2 is 2.21 bits per heavy atom. The van der Waals surface area contributed by atoms with E-state index in [1.165, 1.54) is 0 Å². The molecule has 2 aromatic rings. The molecule has 0 spiro atoms. The third-order valence-electron chi connectivity index (χ3n) is 2.45. The lowest BCUT2D eigenvalue weighted by Crippen LogP contribution is -1.92. The largest absolute Gasteiger partial charge is 0.496 e. The molecule has 2 rings (SSSR count). The number of fused-ring (bicyclic) bond motifs is 1. The molecule has 0 radical (unpaired) electrons. The number of aliphatic hydroxyl groups excluding tert-OH is 1. The predicted octanol–water partition coefficient (Wildman–Crippen LogP) is 1.98. The maximum atomic E-state index is 9.15. The van der Waals surface area contributed by atoms with Crippen molar-refractivity contribution in [1.29, 1.82) is 0 Å². The van der Waals surface area contributed by atoms with Crippen molar-refractivity contribution in [3.8, 4) is 5.75 Å². The molecule has 74 valence electrons. The van der Waals surface area contributed by atoms with Gasteiger partial charge < -0.3 is 14.8 Å². The van der Waals surface area contributed by atoms with Gasteiger partial charge in [-0.25, -0.2) is 0 Å². The molecular formula is C11H13NO2. The van der Waals surface area contributed by atoms with Crippen molar-refractivity contribution in [2.75, 3.05) is 7.11 Å². The zero-order valence-corrected chi connectivity index (χ0v) is 8.29. The van der Waals surface area contributed by atoms with Gasteiger partial charge >= 0.3 is 0 Å². The summed E-state index contributed by atoms with van der Waals surface area (Å²) in [5.41, 5.74) is 2.99. The van der Waals surface area contributed by atoms with Crippen molar-refractivity contribution >= 4 is 10.9 Å². The van der Waals surface area contributed by atoms with E-state index in [4.69, 9.17) is 9.84 Å². The van der Waals surface area contributed by atoms with Crippen molar-refractivity contribution in [3.05, 3.63) is 29.5 Å². The molecule has 1 aromatic heterocycles. The molecule has 0 aliphatic rings. The summed E-state index contributed by atoms with van der Waals surface area (Å²) in [5.74, 6) is 0.767. The highest BCUT2D eigenvalue weighted by atomic mass is 16.5. The van der Waals surface area contributed by atoms with Gasteiger partial charge in [-0.2, -0.15) is 0 Å². The van der Waals surface area contributed by atoms with E-state index in [0.717, 1.165) is 27.8 Å². The molecule has 14 heavy (non-hydrogen) atoms. The number of aliphatic hydroxyl groups is 1. The van der Waals surface area contributed by atoms with Crippen molar-refractivity contribution in [2.45, 2.75) is 13.5 Å². The summed E-state index contributed by atoms with van der Waals surface area (Å²) in [5, 5.41) is 10.2. The van der Waals surface area contributed by atoms with Gasteiger partial charge in [0.2, 0.25) is 0 Å². The Balaban J connectivity index is 2.81. The Labute approximate surface area is 82.3 Å². The van der Waals surface area contributed by atoms with Crippen molar-refractivity contribution < 1.29 is 9.84 Å². The van der Waals surface area contributed by atoms with Gasteiger partial charge in [-0.1, -0.05) is 6.07 Å². The van der Waals surface area contributed by atoms with Crippen LogP contribution >= 0.6 is 0 Å². The van der Waals surface area contributed by atoms with Gasteiger partial charge in [0.25, 0.3) is 0 Å². The minimum Gasteiger partial charge on any atom is -0.496 e. The van der Waals surface area contributed by atoms with Gasteiger partial charge in [-0.3, -0.25) is 0 Å². The fourth-order valence-electron chi connectivity index (χ4n) is 1.75. The topological polar surface area (TPSA) is 45.2 Å². The van der Waals surface area contributed by atoms with Gasteiger partial charge in [0.15, 0.2) is 0 Å². The molecule has 1 heterocycles. The number of hydrogen-bond acceptors (Lipinski definition) is 2. The summed E-state index contributed by atoms with van der Waals surface area (Å²) in [6, 6.07) is 3.83. The van der Waals surface area contributed by atoms with Crippen LogP contribution in [0.4, 0.5) is 0 Å². The van der Waals surface area contributed by atoms with Crippen LogP contribution in [-0.2, 0) is 6.61 Å². The monoisotopic (exact) mass is 191 g/mol. The maximum Gasteiger partial charge on any atom is 0.134 e. The third kappa shape index (κ3) is 1.17. The molecule has 0 amide bonds.